The molecule has 2 N–H and O–H groups in total. The summed E-state index contributed by atoms with van der Waals surface area (Å²) in [6.45, 7) is 3.72. The molecule has 1 amide bonds. The Balaban J connectivity index is 2.60. The summed E-state index contributed by atoms with van der Waals surface area (Å²) in [7, 11) is 0. The van der Waals surface area contributed by atoms with Crippen LogP contribution in [0.5, 0.6) is 0 Å². The lowest BCUT2D eigenvalue weighted by Gasteiger charge is -2.11. The lowest BCUT2D eigenvalue weighted by Crippen LogP contribution is -2.34. The summed E-state index contributed by atoms with van der Waals surface area (Å²) in [5.74, 6) is -1.15. The molecule has 17 heavy (non-hydrogen) atoms. The number of carbonyl (C=O) groups is 2. The van der Waals surface area contributed by atoms with Gasteiger partial charge in [0, 0.05) is 11.6 Å². The van der Waals surface area contributed by atoms with E-state index in [-0.39, 0.29) is 18.4 Å². The van der Waals surface area contributed by atoms with Crippen molar-refractivity contribution in [3.63, 3.8) is 0 Å². The molecule has 0 bridgehead atoms. The normalized spacial score (nSPS) is 11.9. The average molecular weight is 235 g/mol. The van der Waals surface area contributed by atoms with Crippen LogP contribution in [0.15, 0.2) is 24.3 Å². The highest BCUT2D eigenvalue weighted by Crippen LogP contribution is 2.05. The summed E-state index contributed by atoms with van der Waals surface area (Å²) in [4.78, 5) is 22.2. The Morgan fingerprint density at radius 2 is 1.88 bits per heavy atom. The molecule has 0 radical (unpaired) electrons. The van der Waals surface area contributed by atoms with Gasteiger partial charge < -0.3 is 10.4 Å². The topological polar surface area (TPSA) is 66.4 Å². The second-order valence-corrected chi connectivity index (χ2v) is 4.02. The molecule has 4 nitrogen and oxygen atoms in total. The molecular formula is C13H17NO3. The molecule has 0 fully saturated rings. The lowest BCUT2D eigenvalue weighted by molar-refractivity contribution is -0.137. The van der Waals surface area contributed by atoms with Crippen LogP contribution < -0.4 is 5.32 Å². The number of benzene rings is 1. The first-order valence-electron chi connectivity index (χ1n) is 5.64. The smallest absolute Gasteiger partial charge is 0.305 e. The maximum Gasteiger partial charge on any atom is 0.305 e. The fourth-order valence-electron chi connectivity index (χ4n) is 1.51. The third kappa shape index (κ3) is 4.26. The van der Waals surface area contributed by atoms with Gasteiger partial charge in [0.15, 0.2) is 0 Å². The van der Waals surface area contributed by atoms with Crippen molar-refractivity contribution in [3.8, 4) is 0 Å². The van der Waals surface area contributed by atoms with Gasteiger partial charge in [-0.05, 0) is 31.0 Å². The zero-order valence-electron chi connectivity index (χ0n) is 10.1. The number of carboxylic acids is 1. The number of rotatable bonds is 5. The number of hydrogen-bond donors (Lipinski definition) is 2. The Kier molecular flexibility index (Phi) is 4.69. The molecule has 0 aliphatic heterocycles. The highest BCUT2D eigenvalue weighted by atomic mass is 16.4. The van der Waals surface area contributed by atoms with Gasteiger partial charge in [0.25, 0.3) is 5.91 Å². The fourth-order valence-corrected chi connectivity index (χ4v) is 1.51. The third-order valence-electron chi connectivity index (χ3n) is 2.48. The average Bonchev–Trinajstić information content (AvgIpc) is 2.28. The number of aliphatic carboxylic acids is 1. The van der Waals surface area contributed by atoms with Crippen molar-refractivity contribution in [2.45, 2.75) is 32.7 Å². The highest BCUT2D eigenvalue weighted by molar-refractivity contribution is 5.94. The number of amides is 1. The third-order valence-corrected chi connectivity index (χ3v) is 2.48. The summed E-state index contributed by atoms with van der Waals surface area (Å²) in [5.41, 5.74) is 1.72. The van der Waals surface area contributed by atoms with Crippen molar-refractivity contribution in [1.29, 1.82) is 0 Å². The molecule has 1 atom stereocenters. The Labute approximate surface area is 101 Å². The Morgan fingerprint density at radius 1 is 1.29 bits per heavy atom. The monoisotopic (exact) mass is 235 g/mol. The molecule has 0 aliphatic rings. The molecule has 0 aliphatic carbocycles. The van der Waals surface area contributed by atoms with E-state index in [9.17, 15) is 9.59 Å². The van der Waals surface area contributed by atoms with Crippen molar-refractivity contribution in [3.05, 3.63) is 35.4 Å². The maximum absolute atomic E-state index is 11.7. The molecule has 92 valence electrons. The molecule has 0 heterocycles. The first-order chi connectivity index (χ1) is 8.02. The molecular weight excluding hydrogens is 218 g/mol. The predicted octanol–water partition coefficient (Wildman–Crippen LogP) is 1.84. The molecule has 0 saturated heterocycles. The van der Waals surface area contributed by atoms with Crippen LogP contribution in [0.3, 0.4) is 0 Å². The zero-order valence-corrected chi connectivity index (χ0v) is 10.1. The Bertz CT molecular complexity index is 398. The number of nitrogens with one attached hydrogen (secondary N) is 1. The van der Waals surface area contributed by atoms with Crippen molar-refractivity contribution < 1.29 is 14.7 Å². The molecule has 0 saturated carbocycles. The van der Waals surface area contributed by atoms with E-state index in [0.717, 1.165) is 6.42 Å². The van der Waals surface area contributed by atoms with Crippen LogP contribution in [0.25, 0.3) is 0 Å². The fraction of sp³-hybridized carbons (Fsp3) is 0.385. The Hall–Kier alpha value is -1.84. The number of aryl methyl sites for hydroxylation is 1. The quantitative estimate of drug-likeness (QED) is 0.818. The molecule has 1 unspecified atom stereocenters. The summed E-state index contributed by atoms with van der Waals surface area (Å²) in [6, 6.07) is 6.93. The molecule has 0 spiro atoms. The summed E-state index contributed by atoms with van der Waals surface area (Å²) in [5, 5.41) is 11.2. The zero-order chi connectivity index (χ0) is 12.8. The van der Waals surface area contributed by atoms with E-state index in [4.69, 9.17) is 5.11 Å². The van der Waals surface area contributed by atoms with E-state index in [0.29, 0.717) is 5.56 Å². The van der Waals surface area contributed by atoms with Crippen LogP contribution in [-0.2, 0) is 11.2 Å². The van der Waals surface area contributed by atoms with Crippen LogP contribution in [0.1, 0.15) is 36.2 Å². The number of carbonyl (C=O) groups excluding carboxylic acids is 1. The van der Waals surface area contributed by atoms with Crippen LogP contribution in [0.4, 0.5) is 0 Å². The van der Waals surface area contributed by atoms with Gasteiger partial charge in [0.2, 0.25) is 0 Å². The maximum atomic E-state index is 11.7. The van der Waals surface area contributed by atoms with Gasteiger partial charge >= 0.3 is 5.97 Å². The van der Waals surface area contributed by atoms with Crippen molar-refractivity contribution in [2.24, 2.45) is 0 Å². The van der Waals surface area contributed by atoms with Crippen LogP contribution >= 0.6 is 0 Å². The van der Waals surface area contributed by atoms with E-state index in [1.54, 1.807) is 19.1 Å². The minimum Gasteiger partial charge on any atom is -0.481 e. The van der Waals surface area contributed by atoms with Crippen molar-refractivity contribution >= 4 is 11.9 Å². The first-order valence-corrected chi connectivity index (χ1v) is 5.64. The van der Waals surface area contributed by atoms with Gasteiger partial charge in [-0.1, -0.05) is 19.1 Å². The number of hydrogen-bond acceptors (Lipinski definition) is 2. The van der Waals surface area contributed by atoms with Crippen LogP contribution in [-0.4, -0.2) is 23.0 Å². The second-order valence-electron chi connectivity index (χ2n) is 4.02. The van der Waals surface area contributed by atoms with E-state index >= 15 is 0 Å². The number of carboxylic acid groups (broad SMARTS) is 1. The van der Waals surface area contributed by atoms with Crippen molar-refractivity contribution in [1.82, 2.24) is 5.32 Å². The summed E-state index contributed by atoms with van der Waals surface area (Å²) >= 11 is 0. The van der Waals surface area contributed by atoms with Crippen molar-refractivity contribution in [2.75, 3.05) is 0 Å². The van der Waals surface area contributed by atoms with Gasteiger partial charge in [0.05, 0.1) is 6.42 Å². The van der Waals surface area contributed by atoms with E-state index in [1.807, 2.05) is 19.1 Å². The molecule has 1 aromatic carbocycles. The van der Waals surface area contributed by atoms with Gasteiger partial charge in [-0.2, -0.15) is 0 Å². The Morgan fingerprint density at radius 3 is 2.35 bits per heavy atom. The molecule has 1 aromatic rings. The lowest BCUT2D eigenvalue weighted by atomic mass is 10.1. The first kappa shape index (κ1) is 13.2. The summed E-state index contributed by atoms with van der Waals surface area (Å²) in [6.07, 6.45) is 0.857. The van der Waals surface area contributed by atoms with Crippen LogP contribution in [0, 0.1) is 0 Å². The molecule has 4 heteroatoms. The molecule has 0 aromatic heterocycles. The van der Waals surface area contributed by atoms with Gasteiger partial charge in [-0.25, -0.2) is 0 Å². The van der Waals surface area contributed by atoms with E-state index in [1.165, 1.54) is 5.56 Å². The predicted molar refractivity (Wildman–Crippen MR) is 65.0 cm³/mol. The largest absolute Gasteiger partial charge is 0.481 e. The van der Waals surface area contributed by atoms with Gasteiger partial charge in [0.1, 0.15) is 0 Å². The minimum atomic E-state index is -0.917. The summed E-state index contributed by atoms with van der Waals surface area (Å²) < 4.78 is 0. The van der Waals surface area contributed by atoms with E-state index < -0.39 is 5.97 Å². The molecule has 1 rings (SSSR count). The SMILES string of the molecule is CCc1ccc(C(=O)NC(C)CC(=O)O)cc1. The van der Waals surface area contributed by atoms with E-state index in [2.05, 4.69) is 5.32 Å². The highest BCUT2D eigenvalue weighted by Gasteiger charge is 2.12. The second kappa shape index (κ2) is 6.03. The van der Waals surface area contributed by atoms with Gasteiger partial charge in [-0.3, -0.25) is 9.59 Å². The van der Waals surface area contributed by atoms with Gasteiger partial charge in [-0.15, -0.1) is 0 Å². The van der Waals surface area contributed by atoms with Crippen LogP contribution in [0.2, 0.25) is 0 Å². The minimum absolute atomic E-state index is 0.0707. The standard InChI is InChI=1S/C13H17NO3/c1-3-10-4-6-11(7-5-10)13(17)14-9(2)8-12(15)16/h4-7,9H,3,8H2,1-2H3,(H,14,17)(H,15,16).